The third kappa shape index (κ3) is 2.13. The first-order chi connectivity index (χ1) is 7.00. The summed E-state index contributed by atoms with van der Waals surface area (Å²) in [7, 11) is 0. The predicted octanol–water partition coefficient (Wildman–Crippen LogP) is 2.86. The molecule has 0 aliphatic heterocycles. The zero-order valence-corrected chi connectivity index (χ0v) is 11.2. The quantitative estimate of drug-likeness (QED) is 0.822. The van der Waals surface area contributed by atoms with E-state index in [2.05, 4.69) is 66.0 Å². The van der Waals surface area contributed by atoms with Crippen molar-refractivity contribution in [2.24, 2.45) is 5.41 Å². The summed E-state index contributed by atoms with van der Waals surface area (Å²) in [5, 5.41) is 13.1. The fourth-order valence-corrected chi connectivity index (χ4v) is 2.25. The summed E-state index contributed by atoms with van der Waals surface area (Å²) >= 11 is 2.30. The summed E-state index contributed by atoms with van der Waals surface area (Å²) < 4.78 is 1.24. The van der Waals surface area contributed by atoms with Gasteiger partial charge in [-0.1, -0.05) is 13.8 Å². The van der Waals surface area contributed by atoms with Crippen molar-refractivity contribution in [3.05, 3.63) is 27.8 Å². The van der Waals surface area contributed by atoms with E-state index in [-0.39, 0.29) is 11.5 Å². The number of rotatable bonds is 2. The first-order valence-electron chi connectivity index (χ1n) is 5.20. The van der Waals surface area contributed by atoms with E-state index in [0.717, 1.165) is 12.1 Å². The number of hydrogen-bond donors (Lipinski definition) is 2. The molecule has 1 fully saturated rings. The zero-order chi connectivity index (χ0) is 11.1. The van der Waals surface area contributed by atoms with Gasteiger partial charge in [0.05, 0.1) is 6.10 Å². The molecule has 3 heteroatoms. The van der Waals surface area contributed by atoms with Gasteiger partial charge in [0.25, 0.3) is 0 Å². The Balaban J connectivity index is 2.02. The number of anilines is 1. The fourth-order valence-electron chi connectivity index (χ4n) is 1.89. The maximum absolute atomic E-state index is 9.63. The summed E-state index contributed by atoms with van der Waals surface area (Å²) in [6.45, 7) is 4.21. The molecule has 1 aliphatic carbocycles. The van der Waals surface area contributed by atoms with Crippen LogP contribution in [0.15, 0.2) is 24.3 Å². The average molecular weight is 317 g/mol. The third-order valence-electron chi connectivity index (χ3n) is 3.40. The standard InChI is InChI=1S/C12H16INO/c1-12(2)10(7-11(12)15)14-9-5-3-8(13)4-6-9/h3-6,10-11,14-15H,7H2,1-2H3. The normalized spacial score (nSPS) is 28.3. The van der Waals surface area contributed by atoms with Crippen molar-refractivity contribution < 1.29 is 5.11 Å². The van der Waals surface area contributed by atoms with Gasteiger partial charge in [0.2, 0.25) is 0 Å². The lowest BCUT2D eigenvalue weighted by atomic mass is 9.64. The monoisotopic (exact) mass is 317 g/mol. The summed E-state index contributed by atoms with van der Waals surface area (Å²) in [6, 6.07) is 8.73. The first kappa shape index (κ1) is 11.2. The maximum Gasteiger partial charge on any atom is 0.0630 e. The molecule has 0 heterocycles. The minimum Gasteiger partial charge on any atom is -0.392 e. The Hall–Kier alpha value is -0.290. The van der Waals surface area contributed by atoms with Crippen molar-refractivity contribution >= 4 is 28.3 Å². The van der Waals surface area contributed by atoms with E-state index in [1.807, 2.05) is 0 Å². The molecule has 2 unspecified atom stereocenters. The molecule has 1 saturated carbocycles. The highest BCUT2D eigenvalue weighted by Crippen LogP contribution is 2.42. The van der Waals surface area contributed by atoms with Crippen LogP contribution < -0.4 is 5.32 Å². The Morgan fingerprint density at radius 3 is 2.40 bits per heavy atom. The second-order valence-corrected chi connectivity index (χ2v) is 6.02. The summed E-state index contributed by atoms with van der Waals surface area (Å²) in [6.07, 6.45) is 0.678. The van der Waals surface area contributed by atoms with Crippen LogP contribution >= 0.6 is 22.6 Å². The molecule has 0 saturated heterocycles. The number of aliphatic hydroxyl groups excluding tert-OH is 1. The molecule has 1 aromatic rings. The Labute approximate surface area is 104 Å². The minimum atomic E-state index is -0.168. The number of benzene rings is 1. The van der Waals surface area contributed by atoms with Gasteiger partial charge in [0, 0.05) is 20.7 Å². The van der Waals surface area contributed by atoms with Gasteiger partial charge >= 0.3 is 0 Å². The Morgan fingerprint density at radius 1 is 1.33 bits per heavy atom. The van der Waals surface area contributed by atoms with Gasteiger partial charge in [-0.15, -0.1) is 0 Å². The summed E-state index contributed by atoms with van der Waals surface area (Å²) in [5.41, 5.74) is 1.13. The van der Waals surface area contributed by atoms with Crippen molar-refractivity contribution in [2.75, 3.05) is 5.32 Å². The lowest BCUT2D eigenvalue weighted by Gasteiger charge is -2.49. The van der Waals surface area contributed by atoms with Crippen molar-refractivity contribution in [3.63, 3.8) is 0 Å². The van der Waals surface area contributed by atoms with E-state index >= 15 is 0 Å². The van der Waals surface area contributed by atoms with Crippen molar-refractivity contribution in [2.45, 2.75) is 32.4 Å². The van der Waals surface area contributed by atoms with E-state index in [4.69, 9.17) is 0 Å². The van der Waals surface area contributed by atoms with Crippen LogP contribution in [-0.2, 0) is 0 Å². The number of halogens is 1. The maximum atomic E-state index is 9.63. The summed E-state index contributed by atoms with van der Waals surface area (Å²) in [4.78, 5) is 0. The highest BCUT2D eigenvalue weighted by atomic mass is 127. The van der Waals surface area contributed by atoms with Crippen LogP contribution in [0.25, 0.3) is 0 Å². The number of aliphatic hydroxyl groups is 1. The summed E-state index contributed by atoms with van der Waals surface area (Å²) in [5.74, 6) is 0. The molecule has 0 spiro atoms. The number of nitrogens with one attached hydrogen (secondary N) is 1. The Kier molecular flexibility index (Phi) is 2.94. The molecule has 2 atom stereocenters. The van der Waals surface area contributed by atoms with Crippen LogP contribution in [0.5, 0.6) is 0 Å². The zero-order valence-electron chi connectivity index (χ0n) is 9.00. The molecule has 2 N–H and O–H groups in total. The molecular formula is C12H16INO. The van der Waals surface area contributed by atoms with Gasteiger partial charge in [-0.3, -0.25) is 0 Å². The topological polar surface area (TPSA) is 32.3 Å². The van der Waals surface area contributed by atoms with Crippen LogP contribution in [-0.4, -0.2) is 17.3 Å². The molecule has 15 heavy (non-hydrogen) atoms. The molecule has 2 nitrogen and oxygen atoms in total. The molecular weight excluding hydrogens is 301 g/mol. The van der Waals surface area contributed by atoms with E-state index in [9.17, 15) is 5.11 Å². The van der Waals surface area contributed by atoms with E-state index in [1.54, 1.807) is 0 Å². The van der Waals surface area contributed by atoms with Crippen molar-refractivity contribution in [1.82, 2.24) is 0 Å². The van der Waals surface area contributed by atoms with Gasteiger partial charge in [-0.25, -0.2) is 0 Å². The van der Waals surface area contributed by atoms with Crippen LogP contribution in [0.2, 0.25) is 0 Å². The highest BCUT2D eigenvalue weighted by Gasteiger charge is 2.47. The van der Waals surface area contributed by atoms with Crippen LogP contribution in [0.4, 0.5) is 5.69 Å². The van der Waals surface area contributed by atoms with Gasteiger partial charge in [-0.2, -0.15) is 0 Å². The molecule has 0 amide bonds. The van der Waals surface area contributed by atoms with Crippen molar-refractivity contribution in [3.8, 4) is 0 Å². The van der Waals surface area contributed by atoms with Gasteiger partial charge in [0.1, 0.15) is 0 Å². The second-order valence-electron chi connectivity index (χ2n) is 4.78. The lowest BCUT2D eigenvalue weighted by Crippen LogP contribution is -2.56. The van der Waals surface area contributed by atoms with Gasteiger partial charge in [0.15, 0.2) is 0 Å². The van der Waals surface area contributed by atoms with Crippen LogP contribution in [0, 0.1) is 8.99 Å². The molecule has 0 aromatic heterocycles. The van der Waals surface area contributed by atoms with E-state index in [0.29, 0.717) is 6.04 Å². The third-order valence-corrected chi connectivity index (χ3v) is 4.12. The lowest BCUT2D eigenvalue weighted by molar-refractivity contribution is -0.0510. The average Bonchev–Trinajstić information content (AvgIpc) is 2.21. The molecule has 82 valence electrons. The Bertz CT molecular complexity index is 347. The van der Waals surface area contributed by atoms with Gasteiger partial charge < -0.3 is 10.4 Å². The largest absolute Gasteiger partial charge is 0.392 e. The minimum absolute atomic E-state index is 0.0109. The van der Waals surface area contributed by atoms with E-state index in [1.165, 1.54) is 3.57 Å². The van der Waals surface area contributed by atoms with E-state index < -0.39 is 0 Å². The second kappa shape index (κ2) is 3.94. The fraction of sp³-hybridized carbons (Fsp3) is 0.500. The predicted molar refractivity (Wildman–Crippen MR) is 71.0 cm³/mol. The van der Waals surface area contributed by atoms with Crippen LogP contribution in [0.3, 0.4) is 0 Å². The Morgan fingerprint density at radius 2 is 1.93 bits per heavy atom. The molecule has 1 aliphatic rings. The first-order valence-corrected chi connectivity index (χ1v) is 6.28. The van der Waals surface area contributed by atoms with Crippen LogP contribution in [0.1, 0.15) is 20.3 Å². The number of hydrogen-bond acceptors (Lipinski definition) is 2. The molecule has 0 bridgehead atoms. The highest BCUT2D eigenvalue weighted by molar-refractivity contribution is 14.1. The molecule has 1 aromatic carbocycles. The smallest absolute Gasteiger partial charge is 0.0630 e. The molecule has 0 radical (unpaired) electrons. The SMILES string of the molecule is CC1(C)C(O)CC1Nc1ccc(I)cc1. The molecule has 2 rings (SSSR count). The van der Waals surface area contributed by atoms with Crippen molar-refractivity contribution in [1.29, 1.82) is 0 Å². The van der Waals surface area contributed by atoms with Gasteiger partial charge in [-0.05, 0) is 53.3 Å².